The largest absolute Gasteiger partial charge is 0.323 e. The fourth-order valence-corrected chi connectivity index (χ4v) is 2.85. The molecule has 3 heteroatoms. The van der Waals surface area contributed by atoms with Gasteiger partial charge in [0.25, 0.3) is 0 Å². The molecule has 0 aromatic heterocycles. The van der Waals surface area contributed by atoms with Gasteiger partial charge >= 0.3 is 0 Å². The van der Waals surface area contributed by atoms with Crippen LogP contribution in [-0.4, -0.2) is 36.0 Å². The Kier molecular flexibility index (Phi) is 4.06. The van der Waals surface area contributed by atoms with Gasteiger partial charge in [0.05, 0.1) is 0 Å². The first-order chi connectivity index (χ1) is 7.36. The van der Waals surface area contributed by atoms with Gasteiger partial charge in [-0.25, -0.2) is 0 Å². The van der Waals surface area contributed by atoms with Gasteiger partial charge in [0.1, 0.15) is 0 Å². The fourth-order valence-electron chi connectivity index (χ4n) is 1.87. The predicted octanol–water partition coefficient (Wildman–Crippen LogP) is 1.74. The van der Waals surface area contributed by atoms with E-state index in [1.165, 1.54) is 30.2 Å². The van der Waals surface area contributed by atoms with Crippen molar-refractivity contribution < 1.29 is 0 Å². The molecule has 0 spiro atoms. The standard InChI is InChI=1S/C12H18N2S/c13-12(11-4-2-1-3-5-11)10-14-6-8-15-9-7-14/h1-5,12H,6-10,13H2/t12-/m0/s1. The molecule has 0 radical (unpaired) electrons. The van der Waals surface area contributed by atoms with Gasteiger partial charge < -0.3 is 5.73 Å². The summed E-state index contributed by atoms with van der Waals surface area (Å²) >= 11 is 2.04. The average molecular weight is 222 g/mol. The second-order valence-corrected chi connectivity index (χ2v) is 5.15. The number of nitrogens with zero attached hydrogens (tertiary/aromatic N) is 1. The van der Waals surface area contributed by atoms with Gasteiger partial charge in [-0.1, -0.05) is 30.3 Å². The third-order valence-electron chi connectivity index (χ3n) is 2.79. The summed E-state index contributed by atoms with van der Waals surface area (Å²) in [7, 11) is 0. The lowest BCUT2D eigenvalue weighted by Gasteiger charge is -2.28. The molecule has 1 fully saturated rings. The third-order valence-corrected chi connectivity index (χ3v) is 3.73. The zero-order valence-electron chi connectivity index (χ0n) is 8.93. The predicted molar refractivity (Wildman–Crippen MR) is 67.1 cm³/mol. The van der Waals surface area contributed by atoms with Crippen molar-refractivity contribution in [2.75, 3.05) is 31.1 Å². The van der Waals surface area contributed by atoms with Crippen LogP contribution >= 0.6 is 11.8 Å². The molecule has 2 nitrogen and oxygen atoms in total. The van der Waals surface area contributed by atoms with Gasteiger partial charge in [-0.2, -0.15) is 11.8 Å². The molecule has 0 aliphatic carbocycles. The maximum Gasteiger partial charge on any atom is 0.0424 e. The van der Waals surface area contributed by atoms with Crippen molar-refractivity contribution in [3.63, 3.8) is 0 Å². The molecule has 1 heterocycles. The molecule has 0 unspecified atom stereocenters. The zero-order valence-corrected chi connectivity index (χ0v) is 9.75. The number of nitrogens with two attached hydrogens (primary N) is 1. The molecule has 0 saturated carbocycles. The van der Waals surface area contributed by atoms with Crippen LogP contribution in [0.25, 0.3) is 0 Å². The highest BCUT2D eigenvalue weighted by Gasteiger charge is 2.14. The van der Waals surface area contributed by atoms with Gasteiger partial charge in [-0.15, -0.1) is 0 Å². The Bertz CT molecular complexity index is 283. The summed E-state index contributed by atoms with van der Waals surface area (Å²) in [6.45, 7) is 3.36. The monoisotopic (exact) mass is 222 g/mol. The Morgan fingerprint density at radius 2 is 1.87 bits per heavy atom. The van der Waals surface area contributed by atoms with E-state index in [9.17, 15) is 0 Å². The molecule has 0 amide bonds. The lowest BCUT2D eigenvalue weighted by molar-refractivity contribution is 0.283. The zero-order chi connectivity index (χ0) is 10.5. The van der Waals surface area contributed by atoms with Crippen LogP contribution in [0.1, 0.15) is 11.6 Å². The average Bonchev–Trinajstić information content (AvgIpc) is 2.31. The quantitative estimate of drug-likeness (QED) is 0.844. The summed E-state index contributed by atoms with van der Waals surface area (Å²) in [5.41, 5.74) is 7.42. The number of hydrogen-bond donors (Lipinski definition) is 1. The van der Waals surface area contributed by atoms with E-state index in [-0.39, 0.29) is 6.04 Å². The molecule has 1 aromatic carbocycles. The van der Waals surface area contributed by atoms with Crippen LogP contribution in [0.15, 0.2) is 30.3 Å². The van der Waals surface area contributed by atoms with Crippen molar-refractivity contribution in [3.8, 4) is 0 Å². The van der Waals surface area contributed by atoms with Crippen LogP contribution in [0.4, 0.5) is 0 Å². The van der Waals surface area contributed by atoms with Gasteiger partial charge in [-0.05, 0) is 5.56 Å². The van der Waals surface area contributed by atoms with Crippen molar-refractivity contribution in [1.82, 2.24) is 4.90 Å². The fraction of sp³-hybridized carbons (Fsp3) is 0.500. The van der Waals surface area contributed by atoms with Gasteiger partial charge in [0, 0.05) is 37.2 Å². The summed E-state index contributed by atoms with van der Waals surface area (Å²) < 4.78 is 0. The summed E-state index contributed by atoms with van der Waals surface area (Å²) in [5.74, 6) is 2.50. The Morgan fingerprint density at radius 1 is 1.20 bits per heavy atom. The Labute approximate surface area is 95.8 Å². The molecule has 2 rings (SSSR count). The van der Waals surface area contributed by atoms with Crippen LogP contribution in [0.5, 0.6) is 0 Å². The topological polar surface area (TPSA) is 29.3 Å². The number of benzene rings is 1. The first-order valence-corrected chi connectivity index (χ1v) is 6.62. The molecule has 1 aromatic rings. The second kappa shape index (κ2) is 5.54. The number of hydrogen-bond acceptors (Lipinski definition) is 3. The van der Waals surface area contributed by atoms with Crippen LogP contribution in [0.3, 0.4) is 0 Å². The highest BCUT2D eigenvalue weighted by molar-refractivity contribution is 7.99. The highest BCUT2D eigenvalue weighted by atomic mass is 32.2. The highest BCUT2D eigenvalue weighted by Crippen LogP contribution is 2.14. The first kappa shape index (κ1) is 11.0. The van der Waals surface area contributed by atoms with E-state index < -0.39 is 0 Å². The van der Waals surface area contributed by atoms with E-state index in [1.54, 1.807) is 0 Å². The van der Waals surface area contributed by atoms with E-state index in [0.29, 0.717) is 0 Å². The van der Waals surface area contributed by atoms with Crippen LogP contribution in [-0.2, 0) is 0 Å². The minimum atomic E-state index is 0.161. The van der Waals surface area contributed by atoms with Gasteiger partial charge in [0.15, 0.2) is 0 Å². The molecule has 82 valence electrons. The molecule has 1 saturated heterocycles. The lowest BCUT2D eigenvalue weighted by Crippen LogP contribution is -2.37. The van der Waals surface area contributed by atoms with Crippen LogP contribution in [0, 0.1) is 0 Å². The molecular formula is C12H18N2S. The van der Waals surface area contributed by atoms with Gasteiger partial charge in [-0.3, -0.25) is 4.90 Å². The van der Waals surface area contributed by atoms with Crippen molar-refractivity contribution in [3.05, 3.63) is 35.9 Å². The Hall–Kier alpha value is -0.510. The van der Waals surface area contributed by atoms with E-state index in [4.69, 9.17) is 5.73 Å². The minimum absolute atomic E-state index is 0.161. The van der Waals surface area contributed by atoms with Crippen molar-refractivity contribution >= 4 is 11.8 Å². The van der Waals surface area contributed by atoms with E-state index in [0.717, 1.165) is 6.54 Å². The minimum Gasteiger partial charge on any atom is -0.323 e. The Morgan fingerprint density at radius 3 is 2.53 bits per heavy atom. The van der Waals surface area contributed by atoms with Crippen molar-refractivity contribution in [2.24, 2.45) is 5.73 Å². The summed E-state index contributed by atoms with van der Waals surface area (Å²) in [5, 5.41) is 0. The summed E-state index contributed by atoms with van der Waals surface area (Å²) in [6, 6.07) is 10.5. The van der Waals surface area contributed by atoms with Gasteiger partial charge in [0.2, 0.25) is 0 Å². The maximum absolute atomic E-state index is 6.18. The molecule has 1 aliphatic rings. The molecule has 15 heavy (non-hydrogen) atoms. The van der Waals surface area contributed by atoms with Crippen molar-refractivity contribution in [2.45, 2.75) is 6.04 Å². The third kappa shape index (κ3) is 3.23. The van der Waals surface area contributed by atoms with E-state index >= 15 is 0 Å². The lowest BCUT2D eigenvalue weighted by atomic mass is 10.1. The summed E-state index contributed by atoms with van der Waals surface area (Å²) in [4.78, 5) is 2.47. The smallest absolute Gasteiger partial charge is 0.0424 e. The molecule has 1 atom stereocenters. The Balaban J connectivity index is 1.88. The molecule has 0 bridgehead atoms. The second-order valence-electron chi connectivity index (χ2n) is 3.93. The number of rotatable bonds is 3. The molecule has 1 aliphatic heterocycles. The number of thioether (sulfide) groups is 1. The van der Waals surface area contributed by atoms with Crippen molar-refractivity contribution in [1.29, 1.82) is 0 Å². The SMILES string of the molecule is N[C@@H](CN1CCSCC1)c1ccccc1. The van der Waals surface area contributed by atoms with Crippen LogP contribution in [0.2, 0.25) is 0 Å². The molecular weight excluding hydrogens is 204 g/mol. The van der Waals surface area contributed by atoms with E-state index in [1.807, 2.05) is 17.8 Å². The summed E-state index contributed by atoms with van der Waals surface area (Å²) in [6.07, 6.45) is 0. The van der Waals surface area contributed by atoms with Crippen LogP contribution < -0.4 is 5.73 Å². The molecule has 2 N–H and O–H groups in total. The normalized spacial score (nSPS) is 20.1. The maximum atomic E-state index is 6.18. The van der Waals surface area contributed by atoms with E-state index in [2.05, 4.69) is 29.2 Å². The first-order valence-electron chi connectivity index (χ1n) is 5.47.